The van der Waals surface area contributed by atoms with Crippen LogP contribution >= 0.6 is 11.3 Å². The van der Waals surface area contributed by atoms with Gasteiger partial charge in [-0.2, -0.15) is 4.99 Å². The van der Waals surface area contributed by atoms with Crippen LogP contribution in [-0.2, 0) is 35.8 Å². The zero-order chi connectivity index (χ0) is 24.2. The number of rotatable bonds is 9. The van der Waals surface area contributed by atoms with Crippen molar-refractivity contribution in [2.75, 3.05) is 25.7 Å². The molecule has 0 radical (unpaired) electrons. The summed E-state index contributed by atoms with van der Waals surface area (Å²) in [4.78, 5) is 17.5. The van der Waals surface area contributed by atoms with E-state index in [0.29, 0.717) is 22.7 Å². The lowest BCUT2D eigenvalue weighted by atomic mass is 10.2. The molecule has 0 aliphatic carbocycles. The Bertz CT molecular complexity index is 1430. The van der Waals surface area contributed by atoms with Crippen molar-refractivity contribution in [2.24, 2.45) is 4.99 Å². The molecule has 0 saturated carbocycles. The Labute approximate surface area is 197 Å². The van der Waals surface area contributed by atoms with Crippen LogP contribution in [0.4, 0.5) is 0 Å². The van der Waals surface area contributed by atoms with Crippen molar-refractivity contribution in [3.05, 3.63) is 52.8 Å². The molecule has 0 fully saturated rings. The summed E-state index contributed by atoms with van der Waals surface area (Å²) in [5.74, 6) is -0.583. The molecule has 0 saturated heterocycles. The number of thiazole rings is 1. The average molecular weight is 511 g/mol. The van der Waals surface area contributed by atoms with E-state index in [0.717, 1.165) is 17.3 Å². The number of fused-ring (bicyclic) bond motifs is 1. The summed E-state index contributed by atoms with van der Waals surface area (Å²) in [6.45, 7) is 2.70. The number of carbonyl (C=O) groups excluding carboxylic acids is 1. The molecule has 1 aromatic heterocycles. The fourth-order valence-electron chi connectivity index (χ4n) is 3.21. The third-order valence-electron chi connectivity index (χ3n) is 5.01. The standard InChI is InChI=1S/C22H26N2O6S3/c1-16-6-8-17(9-7-16)33(28,29)14-4-5-21(25)23-22-24(12-13-30-2)19-11-10-18(32(3,26)27)15-20(19)31-22/h6-11,15H,4-5,12-14H2,1-3H3. The molecule has 11 heteroatoms. The van der Waals surface area contributed by atoms with Gasteiger partial charge in [-0.15, -0.1) is 0 Å². The first-order valence-corrected chi connectivity index (χ1v) is 14.6. The molecule has 0 aliphatic heterocycles. The number of aryl methyl sites for hydroxylation is 1. The van der Waals surface area contributed by atoms with Crippen molar-refractivity contribution in [3.8, 4) is 0 Å². The lowest BCUT2D eigenvalue weighted by molar-refractivity contribution is -0.118. The Morgan fingerprint density at radius 1 is 1.06 bits per heavy atom. The van der Waals surface area contributed by atoms with Gasteiger partial charge in [-0.3, -0.25) is 4.79 Å². The zero-order valence-electron chi connectivity index (χ0n) is 18.6. The maximum atomic E-state index is 12.5. The molecule has 1 amide bonds. The van der Waals surface area contributed by atoms with E-state index in [1.54, 1.807) is 48.1 Å². The van der Waals surface area contributed by atoms with E-state index >= 15 is 0 Å². The predicted molar refractivity (Wildman–Crippen MR) is 128 cm³/mol. The number of sulfone groups is 2. The van der Waals surface area contributed by atoms with Crippen LogP contribution in [0.1, 0.15) is 18.4 Å². The average Bonchev–Trinajstić information content (AvgIpc) is 3.07. The van der Waals surface area contributed by atoms with E-state index in [2.05, 4.69) is 4.99 Å². The van der Waals surface area contributed by atoms with Crippen LogP contribution in [-0.4, -0.2) is 53.0 Å². The van der Waals surface area contributed by atoms with Gasteiger partial charge in [0.2, 0.25) is 5.91 Å². The highest BCUT2D eigenvalue weighted by Gasteiger charge is 2.16. The quantitative estimate of drug-likeness (QED) is 0.438. The van der Waals surface area contributed by atoms with Gasteiger partial charge in [-0.05, 0) is 43.7 Å². The second-order valence-corrected chi connectivity index (χ2v) is 12.8. The summed E-state index contributed by atoms with van der Waals surface area (Å²) in [5, 5.41) is 0. The summed E-state index contributed by atoms with van der Waals surface area (Å²) >= 11 is 1.21. The number of benzene rings is 2. The molecular formula is C22H26N2O6S3. The first kappa shape index (κ1) is 25.3. The normalized spacial score (nSPS) is 13.0. The molecule has 0 N–H and O–H groups in total. The van der Waals surface area contributed by atoms with E-state index in [1.165, 1.54) is 17.4 Å². The number of carbonyl (C=O) groups is 1. The molecule has 2 aromatic carbocycles. The summed E-state index contributed by atoms with van der Waals surface area (Å²) in [6.07, 6.45) is 1.28. The van der Waals surface area contributed by atoms with Crippen molar-refractivity contribution in [3.63, 3.8) is 0 Å². The SMILES string of the molecule is COCCn1c(=NC(=O)CCCS(=O)(=O)c2ccc(C)cc2)sc2cc(S(C)(=O)=O)ccc21. The Hall–Kier alpha value is -2.34. The van der Waals surface area contributed by atoms with Crippen LogP contribution in [0.15, 0.2) is 57.2 Å². The Balaban J connectivity index is 1.81. The van der Waals surface area contributed by atoms with Gasteiger partial charge in [0.05, 0.1) is 32.4 Å². The van der Waals surface area contributed by atoms with Crippen LogP contribution in [0.3, 0.4) is 0 Å². The van der Waals surface area contributed by atoms with Gasteiger partial charge in [0.25, 0.3) is 0 Å². The van der Waals surface area contributed by atoms with E-state index < -0.39 is 25.6 Å². The van der Waals surface area contributed by atoms with Crippen LogP contribution in [0.5, 0.6) is 0 Å². The van der Waals surface area contributed by atoms with Gasteiger partial charge in [-0.1, -0.05) is 29.0 Å². The monoisotopic (exact) mass is 510 g/mol. The first-order chi connectivity index (χ1) is 15.5. The molecule has 3 aromatic rings. The highest BCUT2D eigenvalue weighted by atomic mass is 32.2. The smallest absolute Gasteiger partial charge is 0.248 e. The van der Waals surface area contributed by atoms with Gasteiger partial charge < -0.3 is 9.30 Å². The zero-order valence-corrected chi connectivity index (χ0v) is 21.1. The lowest BCUT2D eigenvalue weighted by Gasteiger charge is -2.05. The molecule has 0 atom stereocenters. The molecular weight excluding hydrogens is 484 g/mol. The molecule has 0 aliphatic rings. The van der Waals surface area contributed by atoms with Crippen molar-refractivity contribution < 1.29 is 26.4 Å². The summed E-state index contributed by atoms with van der Waals surface area (Å²) in [7, 11) is -5.28. The van der Waals surface area contributed by atoms with E-state index in [1.807, 2.05) is 6.92 Å². The van der Waals surface area contributed by atoms with Gasteiger partial charge in [0.15, 0.2) is 24.5 Å². The number of hydrogen-bond donors (Lipinski definition) is 0. The predicted octanol–water partition coefficient (Wildman–Crippen LogP) is 2.74. The third-order valence-corrected chi connectivity index (χ3v) is 8.97. The fraction of sp³-hybridized carbons (Fsp3) is 0.364. The van der Waals surface area contributed by atoms with Crippen LogP contribution in [0.25, 0.3) is 10.2 Å². The molecule has 0 bridgehead atoms. The van der Waals surface area contributed by atoms with Gasteiger partial charge in [-0.25, -0.2) is 16.8 Å². The molecule has 178 valence electrons. The minimum absolute atomic E-state index is 0.0157. The maximum Gasteiger partial charge on any atom is 0.248 e. The minimum atomic E-state index is -3.47. The molecule has 8 nitrogen and oxygen atoms in total. The lowest BCUT2D eigenvalue weighted by Crippen LogP contribution is -2.19. The number of ether oxygens (including phenoxy) is 1. The minimum Gasteiger partial charge on any atom is -0.383 e. The van der Waals surface area contributed by atoms with Crippen LogP contribution in [0.2, 0.25) is 0 Å². The Morgan fingerprint density at radius 3 is 2.36 bits per heavy atom. The molecule has 0 spiro atoms. The number of methoxy groups -OCH3 is 1. The van der Waals surface area contributed by atoms with E-state index in [4.69, 9.17) is 4.74 Å². The Kier molecular flexibility index (Phi) is 7.88. The third kappa shape index (κ3) is 6.38. The van der Waals surface area contributed by atoms with Gasteiger partial charge in [0.1, 0.15) is 0 Å². The van der Waals surface area contributed by atoms with Gasteiger partial charge >= 0.3 is 0 Å². The molecule has 0 unspecified atom stereocenters. The fourth-order valence-corrected chi connectivity index (χ4v) is 6.35. The maximum absolute atomic E-state index is 12.5. The summed E-state index contributed by atoms with van der Waals surface area (Å²) in [5.41, 5.74) is 1.72. The molecule has 33 heavy (non-hydrogen) atoms. The van der Waals surface area contributed by atoms with Crippen molar-refractivity contribution in [1.29, 1.82) is 0 Å². The number of nitrogens with zero attached hydrogens (tertiary/aromatic N) is 2. The topological polar surface area (TPSA) is 112 Å². The first-order valence-electron chi connectivity index (χ1n) is 10.2. The van der Waals surface area contributed by atoms with Crippen molar-refractivity contribution in [2.45, 2.75) is 36.1 Å². The van der Waals surface area contributed by atoms with Gasteiger partial charge in [0, 0.05) is 26.3 Å². The Morgan fingerprint density at radius 2 is 1.73 bits per heavy atom. The largest absolute Gasteiger partial charge is 0.383 e. The van der Waals surface area contributed by atoms with E-state index in [-0.39, 0.29) is 28.4 Å². The van der Waals surface area contributed by atoms with Crippen molar-refractivity contribution >= 4 is 47.1 Å². The number of aromatic nitrogens is 1. The molecule has 1 heterocycles. The summed E-state index contributed by atoms with van der Waals surface area (Å²) < 4.78 is 56.4. The molecule has 3 rings (SSSR count). The highest BCUT2D eigenvalue weighted by molar-refractivity contribution is 7.91. The summed E-state index contributed by atoms with van der Waals surface area (Å²) in [6, 6.07) is 11.4. The van der Waals surface area contributed by atoms with Crippen LogP contribution < -0.4 is 4.80 Å². The van der Waals surface area contributed by atoms with Crippen molar-refractivity contribution in [1.82, 2.24) is 4.57 Å². The van der Waals surface area contributed by atoms with Crippen LogP contribution in [0, 0.1) is 6.92 Å². The second kappa shape index (κ2) is 10.3. The highest BCUT2D eigenvalue weighted by Crippen LogP contribution is 2.22. The second-order valence-electron chi connectivity index (χ2n) is 7.67. The van der Waals surface area contributed by atoms with E-state index in [9.17, 15) is 21.6 Å². The number of amides is 1. The number of hydrogen-bond acceptors (Lipinski definition) is 7.